The van der Waals surface area contributed by atoms with Gasteiger partial charge < -0.3 is 4.74 Å². The van der Waals surface area contributed by atoms with Gasteiger partial charge in [-0.3, -0.25) is 20.4 Å². The molecular weight excluding hydrogens is 320 g/mol. The maximum absolute atomic E-state index is 12.6. The Labute approximate surface area is 143 Å². The number of benzene rings is 3. The molecule has 6 heteroatoms. The van der Waals surface area contributed by atoms with Crippen LogP contribution in [-0.4, -0.2) is 24.4 Å². The van der Waals surface area contributed by atoms with Gasteiger partial charge in [0.15, 0.2) is 6.61 Å². The number of hydrogen-bond donors (Lipinski definition) is 2. The molecule has 3 aromatic rings. The fourth-order valence-electron chi connectivity index (χ4n) is 2.63. The number of carbonyl (C=O) groups is 3. The zero-order valence-electron chi connectivity index (χ0n) is 13.5. The SMILES string of the molecule is CC(=O)NNC(=O)COC(=O)c1c2ccccc2cc2ccccc12. The van der Waals surface area contributed by atoms with E-state index in [-0.39, 0.29) is 0 Å². The molecule has 0 bridgehead atoms. The highest BCUT2D eigenvalue weighted by Crippen LogP contribution is 2.28. The van der Waals surface area contributed by atoms with Crippen LogP contribution in [0.4, 0.5) is 0 Å². The van der Waals surface area contributed by atoms with E-state index in [0.29, 0.717) is 5.56 Å². The van der Waals surface area contributed by atoms with Crippen molar-refractivity contribution in [2.75, 3.05) is 6.61 Å². The molecule has 0 spiro atoms. The molecule has 0 fully saturated rings. The van der Waals surface area contributed by atoms with Crippen LogP contribution < -0.4 is 10.9 Å². The van der Waals surface area contributed by atoms with E-state index in [0.717, 1.165) is 21.5 Å². The first kappa shape index (κ1) is 16.4. The second-order valence-electron chi connectivity index (χ2n) is 5.50. The lowest BCUT2D eigenvalue weighted by molar-refractivity contribution is -0.129. The Morgan fingerprint density at radius 3 is 2.00 bits per heavy atom. The molecule has 0 saturated heterocycles. The highest BCUT2D eigenvalue weighted by molar-refractivity contribution is 6.16. The van der Waals surface area contributed by atoms with Gasteiger partial charge >= 0.3 is 5.97 Å². The molecule has 3 rings (SSSR count). The fourth-order valence-corrected chi connectivity index (χ4v) is 2.63. The van der Waals surface area contributed by atoms with Gasteiger partial charge in [0, 0.05) is 6.92 Å². The molecule has 2 N–H and O–H groups in total. The van der Waals surface area contributed by atoms with Crippen molar-refractivity contribution in [2.24, 2.45) is 0 Å². The van der Waals surface area contributed by atoms with Crippen molar-refractivity contribution >= 4 is 39.3 Å². The summed E-state index contributed by atoms with van der Waals surface area (Å²) < 4.78 is 5.14. The fraction of sp³-hybridized carbons (Fsp3) is 0.105. The molecule has 0 unspecified atom stereocenters. The molecule has 6 nitrogen and oxygen atoms in total. The first-order valence-electron chi connectivity index (χ1n) is 7.69. The average molecular weight is 336 g/mol. The molecule has 0 aliphatic rings. The first-order chi connectivity index (χ1) is 12.1. The van der Waals surface area contributed by atoms with E-state index in [9.17, 15) is 14.4 Å². The molecule has 25 heavy (non-hydrogen) atoms. The van der Waals surface area contributed by atoms with Gasteiger partial charge in [-0.15, -0.1) is 0 Å². The van der Waals surface area contributed by atoms with Crippen molar-refractivity contribution in [1.82, 2.24) is 10.9 Å². The van der Waals surface area contributed by atoms with E-state index < -0.39 is 24.4 Å². The molecule has 2 amide bonds. The van der Waals surface area contributed by atoms with Gasteiger partial charge in [0.05, 0.1) is 5.56 Å². The van der Waals surface area contributed by atoms with Crippen LogP contribution in [0.1, 0.15) is 17.3 Å². The molecular formula is C19H16N2O4. The van der Waals surface area contributed by atoms with Crippen LogP contribution >= 0.6 is 0 Å². The Hall–Kier alpha value is -3.41. The average Bonchev–Trinajstić information content (AvgIpc) is 2.62. The standard InChI is InChI=1S/C19H16N2O4/c1-12(22)20-21-17(23)11-25-19(24)18-15-8-4-2-6-13(15)10-14-7-3-5-9-16(14)18/h2-10H,11H2,1H3,(H,20,22)(H,21,23). The zero-order chi connectivity index (χ0) is 17.8. The van der Waals surface area contributed by atoms with Crippen molar-refractivity contribution in [1.29, 1.82) is 0 Å². The summed E-state index contributed by atoms with van der Waals surface area (Å²) in [7, 11) is 0. The van der Waals surface area contributed by atoms with Crippen molar-refractivity contribution in [3.63, 3.8) is 0 Å². The van der Waals surface area contributed by atoms with E-state index in [1.54, 1.807) is 0 Å². The summed E-state index contributed by atoms with van der Waals surface area (Å²) in [5.74, 6) is -1.63. The number of nitrogens with one attached hydrogen (secondary N) is 2. The number of hydrazine groups is 1. The minimum absolute atomic E-state index is 0.417. The summed E-state index contributed by atoms with van der Waals surface area (Å²) in [4.78, 5) is 35.0. The van der Waals surface area contributed by atoms with Gasteiger partial charge in [-0.1, -0.05) is 48.5 Å². The predicted molar refractivity (Wildman–Crippen MR) is 93.7 cm³/mol. The topological polar surface area (TPSA) is 84.5 Å². The second kappa shape index (κ2) is 7.00. The van der Waals surface area contributed by atoms with Crippen LogP contribution in [0.3, 0.4) is 0 Å². The number of rotatable bonds is 3. The number of ether oxygens (including phenoxy) is 1. The summed E-state index contributed by atoms with van der Waals surface area (Å²) in [5, 5.41) is 3.34. The van der Waals surface area contributed by atoms with Crippen molar-refractivity contribution in [2.45, 2.75) is 6.92 Å². The Bertz CT molecular complexity index is 927. The van der Waals surface area contributed by atoms with Crippen molar-refractivity contribution in [3.8, 4) is 0 Å². The van der Waals surface area contributed by atoms with Crippen LogP contribution in [-0.2, 0) is 14.3 Å². The molecule has 0 heterocycles. The number of fused-ring (bicyclic) bond motifs is 2. The van der Waals surface area contributed by atoms with Crippen LogP contribution in [0.2, 0.25) is 0 Å². The molecule has 0 aliphatic carbocycles. The van der Waals surface area contributed by atoms with Crippen LogP contribution in [0.5, 0.6) is 0 Å². The van der Waals surface area contributed by atoms with Gasteiger partial charge in [0.1, 0.15) is 0 Å². The van der Waals surface area contributed by atoms with E-state index in [2.05, 4.69) is 10.9 Å². The maximum Gasteiger partial charge on any atom is 0.339 e. The third-order valence-electron chi connectivity index (χ3n) is 3.69. The first-order valence-corrected chi connectivity index (χ1v) is 7.69. The van der Waals surface area contributed by atoms with Gasteiger partial charge in [-0.05, 0) is 27.6 Å². The normalized spacial score (nSPS) is 10.4. The monoisotopic (exact) mass is 336 g/mol. The molecule has 3 aromatic carbocycles. The Kier molecular flexibility index (Phi) is 4.61. The molecule has 0 aliphatic heterocycles. The Morgan fingerprint density at radius 2 is 1.44 bits per heavy atom. The Balaban J connectivity index is 1.91. The van der Waals surface area contributed by atoms with Gasteiger partial charge in [-0.25, -0.2) is 4.79 Å². The summed E-state index contributed by atoms with van der Waals surface area (Å²) in [5.41, 5.74) is 4.70. The molecule has 0 saturated carbocycles. The summed E-state index contributed by atoms with van der Waals surface area (Å²) >= 11 is 0. The number of esters is 1. The third kappa shape index (κ3) is 3.58. The minimum atomic E-state index is -0.618. The lowest BCUT2D eigenvalue weighted by atomic mass is 9.97. The summed E-state index contributed by atoms with van der Waals surface area (Å²) in [6, 6.07) is 17.0. The van der Waals surface area contributed by atoms with E-state index >= 15 is 0 Å². The van der Waals surface area contributed by atoms with E-state index in [1.165, 1.54) is 6.92 Å². The smallest absolute Gasteiger partial charge is 0.339 e. The van der Waals surface area contributed by atoms with Gasteiger partial charge in [0.2, 0.25) is 5.91 Å². The van der Waals surface area contributed by atoms with E-state index in [4.69, 9.17) is 4.74 Å². The molecule has 126 valence electrons. The zero-order valence-corrected chi connectivity index (χ0v) is 13.5. The van der Waals surface area contributed by atoms with Crippen molar-refractivity contribution < 1.29 is 19.1 Å². The quantitative estimate of drug-likeness (QED) is 0.437. The Morgan fingerprint density at radius 1 is 0.880 bits per heavy atom. The van der Waals surface area contributed by atoms with Crippen LogP contribution in [0.25, 0.3) is 21.5 Å². The molecule has 0 radical (unpaired) electrons. The van der Waals surface area contributed by atoms with Crippen molar-refractivity contribution in [3.05, 3.63) is 60.2 Å². The van der Waals surface area contributed by atoms with Crippen LogP contribution in [0.15, 0.2) is 54.6 Å². The lowest BCUT2D eigenvalue weighted by Gasteiger charge is -2.11. The van der Waals surface area contributed by atoms with E-state index in [1.807, 2.05) is 54.6 Å². The lowest BCUT2D eigenvalue weighted by Crippen LogP contribution is -2.42. The van der Waals surface area contributed by atoms with Crippen LogP contribution in [0, 0.1) is 0 Å². The second-order valence-corrected chi connectivity index (χ2v) is 5.50. The summed E-state index contributed by atoms with van der Waals surface area (Å²) in [6.07, 6.45) is 0. The van der Waals surface area contributed by atoms with Gasteiger partial charge in [-0.2, -0.15) is 0 Å². The summed E-state index contributed by atoms with van der Waals surface area (Å²) in [6.45, 7) is 0.769. The number of hydrogen-bond acceptors (Lipinski definition) is 4. The largest absolute Gasteiger partial charge is 0.452 e. The van der Waals surface area contributed by atoms with Gasteiger partial charge in [0.25, 0.3) is 5.91 Å². The predicted octanol–water partition coefficient (Wildman–Crippen LogP) is 2.32. The highest BCUT2D eigenvalue weighted by atomic mass is 16.5. The maximum atomic E-state index is 12.6. The third-order valence-corrected chi connectivity index (χ3v) is 3.69. The number of amides is 2. The number of carbonyl (C=O) groups excluding carboxylic acids is 3. The minimum Gasteiger partial charge on any atom is -0.452 e. The molecule has 0 atom stereocenters. The molecule has 0 aromatic heterocycles. The highest BCUT2D eigenvalue weighted by Gasteiger charge is 2.17.